The van der Waals surface area contributed by atoms with Gasteiger partial charge in [-0.05, 0) is 46.2 Å². The second kappa shape index (κ2) is 10.6. The van der Waals surface area contributed by atoms with Crippen molar-refractivity contribution in [1.29, 1.82) is 0 Å². The zero-order valence-corrected chi connectivity index (χ0v) is 19.2. The Bertz CT molecular complexity index is 1140. The summed E-state index contributed by atoms with van der Waals surface area (Å²) < 4.78 is 0. The largest absolute Gasteiger partial charge is 0.311 e. The molecule has 1 unspecified atom stereocenters. The summed E-state index contributed by atoms with van der Waals surface area (Å²) in [7, 11) is 0. The van der Waals surface area contributed by atoms with E-state index in [0.717, 1.165) is 39.0 Å². The van der Waals surface area contributed by atoms with Crippen LogP contribution in [0.2, 0.25) is 0 Å². The van der Waals surface area contributed by atoms with E-state index in [0.29, 0.717) is 6.04 Å². The predicted octanol–water partition coefficient (Wildman–Crippen LogP) is 6.11. The van der Waals surface area contributed by atoms with E-state index in [-0.39, 0.29) is 0 Å². The van der Waals surface area contributed by atoms with Gasteiger partial charge in [0.05, 0.1) is 0 Å². The smallest absolute Gasteiger partial charge is 0.0240 e. The van der Waals surface area contributed by atoms with E-state index in [1.54, 1.807) is 0 Å². The van der Waals surface area contributed by atoms with E-state index >= 15 is 0 Å². The number of hydrogen-bond donors (Lipinski definition) is 1. The molecular formula is C31H32N2. The van der Waals surface area contributed by atoms with Crippen LogP contribution in [-0.2, 0) is 25.9 Å². The van der Waals surface area contributed by atoms with Crippen molar-refractivity contribution in [3.8, 4) is 11.1 Å². The summed E-state index contributed by atoms with van der Waals surface area (Å²) in [5.41, 5.74) is 8.30. The van der Waals surface area contributed by atoms with E-state index in [4.69, 9.17) is 0 Å². The molecule has 5 rings (SSSR count). The van der Waals surface area contributed by atoms with Gasteiger partial charge in [0.15, 0.2) is 0 Å². The molecule has 0 saturated carbocycles. The summed E-state index contributed by atoms with van der Waals surface area (Å²) in [5.74, 6) is 0. The van der Waals surface area contributed by atoms with Crippen LogP contribution in [0.1, 0.15) is 22.3 Å². The SMILES string of the molecule is c1ccc(CC2Cc3ccccc3CN2CCNCc2ccc(-c3ccccc3)cc2)cc1. The number of fused-ring (bicyclic) bond motifs is 1. The van der Waals surface area contributed by atoms with Crippen LogP contribution >= 0.6 is 0 Å². The Morgan fingerprint density at radius 2 is 1.27 bits per heavy atom. The molecule has 0 radical (unpaired) electrons. The summed E-state index contributed by atoms with van der Waals surface area (Å²) in [4.78, 5) is 2.67. The van der Waals surface area contributed by atoms with Gasteiger partial charge in [0, 0.05) is 32.2 Å². The third-order valence-electron chi connectivity index (χ3n) is 6.74. The lowest BCUT2D eigenvalue weighted by Gasteiger charge is -2.37. The molecule has 2 heteroatoms. The summed E-state index contributed by atoms with van der Waals surface area (Å²) in [6.07, 6.45) is 2.24. The molecule has 0 amide bonds. The van der Waals surface area contributed by atoms with Crippen LogP contribution in [-0.4, -0.2) is 24.0 Å². The monoisotopic (exact) mass is 432 g/mol. The topological polar surface area (TPSA) is 15.3 Å². The molecule has 1 N–H and O–H groups in total. The summed E-state index contributed by atoms with van der Waals surface area (Å²) in [6.45, 7) is 4.01. The van der Waals surface area contributed by atoms with Crippen molar-refractivity contribution in [2.24, 2.45) is 0 Å². The van der Waals surface area contributed by atoms with Crippen molar-refractivity contribution in [2.45, 2.75) is 32.0 Å². The van der Waals surface area contributed by atoms with Gasteiger partial charge >= 0.3 is 0 Å². The molecule has 0 aliphatic carbocycles. The van der Waals surface area contributed by atoms with E-state index in [9.17, 15) is 0 Å². The molecule has 0 fully saturated rings. The number of benzene rings is 4. The van der Waals surface area contributed by atoms with Crippen molar-refractivity contribution >= 4 is 0 Å². The fraction of sp³-hybridized carbons (Fsp3) is 0.226. The third-order valence-corrected chi connectivity index (χ3v) is 6.74. The first-order chi connectivity index (χ1) is 16.3. The van der Waals surface area contributed by atoms with Crippen LogP contribution in [0.3, 0.4) is 0 Å². The van der Waals surface area contributed by atoms with Crippen molar-refractivity contribution in [3.63, 3.8) is 0 Å². The number of nitrogens with zero attached hydrogens (tertiary/aromatic N) is 1. The number of hydrogen-bond acceptors (Lipinski definition) is 2. The van der Waals surface area contributed by atoms with Crippen LogP contribution in [0, 0.1) is 0 Å². The van der Waals surface area contributed by atoms with Crippen LogP contribution in [0.5, 0.6) is 0 Å². The zero-order chi connectivity index (χ0) is 22.3. The van der Waals surface area contributed by atoms with Gasteiger partial charge in [-0.1, -0.05) is 109 Å². The van der Waals surface area contributed by atoms with Gasteiger partial charge in [0.1, 0.15) is 0 Å². The van der Waals surface area contributed by atoms with Crippen molar-refractivity contribution in [3.05, 3.63) is 131 Å². The Hall–Kier alpha value is -3.20. The molecular weight excluding hydrogens is 400 g/mol. The quantitative estimate of drug-likeness (QED) is 0.338. The summed E-state index contributed by atoms with van der Waals surface area (Å²) >= 11 is 0. The fourth-order valence-electron chi connectivity index (χ4n) is 4.89. The van der Waals surface area contributed by atoms with Gasteiger partial charge in [-0.3, -0.25) is 4.90 Å². The highest BCUT2D eigenvalue weighted by Gasteiger charge is 2.25. The normalized spacial score (nSPS) is 15.8. The van der Waals surface area contributed by atoms with Gasteiger partial charge in [0.25, 0.3) is 0 Å². The minimum Gasteiger partial charge on any atom is -0.311 e. The number of nitrogens with one attached hydrogen (secondary N) is 1. The first-order valence-electron chi connectivity index (χ1n) is 12.0. The van der Waals surface area contributed by atoms with Gasteiger partial charge in [-0.25, -0.2) is 0 Å². The Kier molecular flexibility index (Phi) is 6.96. The highest BCUT2D eigenvalue weighted by molar-refractivity contribution is 5.63. The molecule has 166 valence electrons. The average Bonchev–Trinajstić information content (AvgIpc) is 2.88. The lowest BCUT2D eigenvalue weighted by molar-refractivity contribution is 0.170. The molecule has 0 saturated heterocycles. The van der Waals surface area contributed by atoms with E-state index in [1.807, 2.05) is 0 Å². The maximum atomic E-state index is 3.67. The van der Waals surface area contributed by atoms with Crippen LogP contribution < -0.4 is 5.32 Å². The van der Waals surface area contributed by atoms with Gasteiger partial charge in [-0.2, -0.15) is 0 Å². The molecule has 1 aliphatic rings. The van der Waals surface area contributed by atoms with Gasteiger partial charge in [-0.15, -0.1) is 0 Å². The van der Waals surface area contributed by atoms with Gasteiger partial charge in [0.2, 0.25) is 0 Å². The molecule has 1 heterocycles. The Labute approximate surface area is 197 Å². The molecule has 2 nitrogen and oxygen atoms in total. The minimum atomic E-state index is 0.550. The van der Waals surface area contributed by atoms with Crippen molar-refractivity contribution in [1.82, 2.24) is 10.2 Å². The molecule has 33 heavy (non-hydrogen) atoms. The first kappa shape index (κ1) is 21.6. The second-order valence-electron chi connectivity index (χ2n) is 9.03. The maximum Gasteiger partial charge on any atom is 0.0240 e. The molecule has 0 spiro atoms. The molecule has 4 aromatic carbocycles. The Morgan fingerprint density at radius 3 is 2.03 bits per heavy atom. The summed E-state index contributed by atoms with van der Waals surface area (Å²) in [6, 6.07) is 39.9. The zero-order valence-electron chi connectivity index (χ0n) is 19.2. The Morgan fingerprint density at radius 1 is 0.636 bits per heavy atom. The van der Waals surface area contributed by atoms with Crippen LogP contribution in [0.25, 0.3) is 11.1 Å². The predicted molar refractivity (Wildman–Crippen MR) is 138 cm³/mol. The van der Waals surface area contributed by atoms with Crippen molar-refractivity contribution in [2.75, 3.05) is 13.1 Å². The Balaban J connectivity index is 1.18. The van der Waals surface area contributed by atoms with Crippen LogP contribution in [0.4, 0.5) is 0 Å². The van der Waals surface area contributed by atoms with E-state index in [1.165, 1.54) is 33.4 Å². The lowest BCUT2D eigenvalue weighted by Crippen LogP contribution is -2.44. The first-order valence-corrected chi connectivity index (χ1v) is 12.0. The molecule has 0 aromatic heterocycles. The maximum absolute atomic E-state index is 3.67. The summed E-state index contributed by atoms with van der Waals surface area (Å²) in [5, 5.41) is 3.67. The van der Waals surface area contributed by atoms with E-state index < -0.39 is 0 Å². The average molecular weight is 433 g/mol. The highest BCUT2D eigenvalue weighted by Crippen LogP contribution is 2.25. The second-order valence-corrected chi connectivity index (χ2v) is 9.03. The molecule has 1 aliphatic heterocycles. The third kappa shape index (κ3) is 5.60. The lowest BCUT2D eigenvalue weighted by atomic mass is 9.90. The fourth-order valence-corrected chi connectivity index (χ4v) is 4.89. The standard InChI is InChI=1S/C31H32N2/c1-3-9-25(10-4-1)21-31-22-29-13-7-8-14-30(29)24-33(31)20-19-32-23-26-15-17-28(18-16-26)27-11-5-2-6-12-27/h1-18,31-32H,19-24H2. The molecule has 4 aromatic rings. The van der Waals surface area contributed by atoms with Crippen molar-refractivity contribution < 1.29 is 0 Å². The minimum absolute atomic E-state index is 0.550. The molecule has 1 atom stereocenters. The molecule has 0 bridgehead atoms. The highest BCUT2D eigenvalue weighted by atomic mass is 15.2. The van der Waals surface area contributed by atoms with Crippen LogP contribution in [0.15, 0.2) is 109 Å². The van der Waals surface area contributed by atoms with Gasteiger partial charge < -0.3 is 5.32 Å². The van der Waals surface area contributed by atoms with E-state index in [2.05, 4.69) is 119 Å². The number of rotatable bonds is 8.